The molecule has 1 aromatic carbocycles. The summed E-state index contributed by atoms with van der Waals surface area (Å²) in [6, 6.07) is 0.420. The van der Waals surface area contributed by atoms with Gasteiger partial charge in [-0.3, -0.25) is 14.4 Å². The fourth-order valence-electron chi connectivity index (χ4n) is 3.46. The van der Waals surface area contributed by atoms with Crippen LogP contribution in [0.5, 0.6) is 5.75 Å². The summed E-state index contributed by atoms with van der Waals surface area (Å²) in [5.74, 6) is -5.99. The number of carbonyl (C=O) groups excluding carboxylic acids is 2. The highest BCUT2D eigenvalue weighted by atomic mass is 19.1. The van der Waals surface area contributed by atoms with E-state index < -0.39 is 64.2 Å². The Morgan fingerprint density at radius 3 is 2.52 bits per heavy atom. The van der Waals surface area contributed by atoms with E-state index in [4.69, 9.17) is 0 Å². The van der Waals surface area contributed by atoms with E-state index in [2.05, 4.69) is 11.9 Å². The fourth-order valence-corrected chi connectivity index (χ4v) is 3.46. The van der Waals surface area contributed by atoms with Crippen LogP contribution >= 0.6 is 0 Å². The van der Waals surface area contributed by atoms with Crippen LogP contribution in [0.15, 0.2) is 35.8 Å². The molecule has 2 aromatic rings. The molecule has 0 saturated carbocycles. The van der Waals surface area contributed by atoms with Crippen LogP contribution in [-0.4, -0.2) is 39.5 Å². The Labute approximate surface area is 175 Å². The normalized spacial score (nSPS) is 15.5. The summed E-state index contributed by atoms with van der Waals surface area (Å²) in [4.78, 5) is 39.3. The minimum absolute atomic E-state index is 0.235. The number of hydrogen-bond acceptors (Lipinski definition) is 4. The van der Waals surface area contributed by atoms with Gasteiger partial charge >= 0.3 is 0 Å². The van der Waals surface area contributed by atoms with Crippen molar-refractivity contribution in [1.29, 1.82) is 0 Å². The Bertz CT molecular complexity index is 1110. The van der Waals surface area contributed by atoms with Crippen molar-refractivity contribution >= 4 is 11.8 Å². The molecule has 2 amide bonds. The Kier molecular flexibility index (Phi) is 6.19. The summed E-state index contributed by atoms with van der Waals surface area (Å²) in [7, 11) is 0. The van der Waals surface area contributed by atoms with Gasteiger partial charge in [0.15, 0.2) is 11.4 Å². The minimum atomic E-state index is -1.20. The maximum Gasteiger partial charge on any atom is 0.274 e. The topological polar surface area (TPSA) is 91.6 Å². The van der Waals surface area contributed by atoms with Crippen LogP contribution in [0.3, 0.4) is 0 Å². The standard InChI is InChI=1S/C21H20F3N3O4/c1-3-5-26-9-12(4-2)27-10-14(18(28)19(29)17(27)21(26)31)20(30)25-8-13-15(23)6-11(22)7-16(13)24/h4,6-7,10,12,29H,2-3,5,8-9H2,1H3,(H,25,30)/t12-/m1/s1. The van der Waals surface area contributed by atoms with Crippen molar-refractivity contribution in [1.82, 2.24) is 14.8 Å². The molecule has 1 atom stereocenters. The monoisotopic (exact) mass is 435 g/mol. The maximum absolute atomic E-state index is 13.8. The number of rotatable bonds is 6. The van der Waals surface area contributed by atoms with Gasteiger partial charge in [0.05, 0.1) is 6.04 Å². The van der Waals surface area contributed by atoms with Crippen LogP contribution in [0, 0.1) is 17.5 Å². The van der Waals surface area contributed by atoms with Gasteiger partial charge in [0.2, 0.25) is 5.43 Å². The van der Waals surface area contributed by atoms with Crippen LogP contribution in [-0.2, 0) is 6.54 Å². The molecular formula is C21H20F3N3O4. The largest absolute Gasteiger partial charge is 0.503 e. The Morgan fingerprint density at radius 2 is 1.94 bits per heavy atom. The Morgan fingerprint density at radius 1 is 1.29 bits per heavy atom. The van der Waals surface area contributed by atoms with Crippen LogP contribution in [0.25, 0.3) is 0 Å². The van der Waals surface area contributed by atoms with E-state index in [1.807, 2.05) is 6.92 Å². The van der Waals surface area contributed by atoms with Gasteiger partial charge in [-0.05, 0) is 6.42 Å². The van der Waals surface area contributed by atoms with Crippen LogP contribution in [0.1, 0.15) is 45.8 Å². The van der Waals surface area contributed by atoms with E-state index in [1.54, 1.807) is 0 Å². The van der Waals surface area contributed by atoms with Crippen LogP contribution in [0.2, 0.25) is 0 Å². The first-order valence-electron chi connectivity index (χ1n) is 9.51. The zero-order chi connectivity index (χ0) is 22.9. The van der Waals surface area contributed by atoms with Gasteiger partial charge in [-0.25, -0.2) is 13.2 Å². The van der Waals surface area contributed by atoms with Crippen molar-refractivity contribution in [3.05, 3.63) is 75.5 Å². The zero-order valence-corrected chi connectivity index (χ0v) is 16.6. The second kappa shape index (κ2) is 8.66. The molecule has 10 heteroatoms. The molecule has 1 aliphatic heterocycles. The van der Waals surface area contributed by atoms with Crippen molar-refractivity contribution in [2.24, 2.45) is 0 Å². The fraction of sp³-hybridized carbons (Fsp3) is 0.286. The van der Waals surface area contributed by atoms with Gasteiger partial charge in [0.1, 0.15) is 23.0 Å². The lowest BCUT2D eigenvalue weighted by atomic mass is 10.1. The highest BCUT2D eigenvalue weighted by Gasteiger charge is 2.34. The van der Waals surface area contributed by atoms with Crippen LogP contribution in [0.4, 0.5) is 13.2 Å². The molecule has 2 heterocycles. The molecule has 3 rings (SSSR count). The second-order valence-corrected chi connectivity index (χ2v) is 7.06. The average molecular weight is 435 g/mol. The summed E-state index contributed by atoms with van der Waals surface area (Å²) in [5, 5.41) is 12.6. The number of carbonyl (C=O) groups is 2. The second-order valence-electron chi connectivity index (χ2n) is 7.06. The molecule has 0 bridgehead atoms. The molecule has 31 heavy (non-hydrogen) atoms. The summed E-state index contributed by atoms with van der Waals surface area (Å²) in [5.41, 5.74) is -2.47. The highest BCUT2D eigenvalue weighted by molar-refractivity contribution is 5.99. The van der Waals surface area contributed by atoms with Crippen molar-refractivity contribution in [2.45, 2.75) is 25.9 Å². The van der Waals surface area contributed by atoms with Crippen molar-refractivity contribution in [3.63, 3.8) is 0 Å². The third kappa shape index (κ3) is 4.05. The smallest absolute Gasteiger partial charge is 0.274 e. The van der Waals surface area contributed by atoms with E-state index in [1.165, 1.54) is 15.5 Å². The zero-order valence-electron chi connectivity index (χ0n) is 16.6. The van der Waals surface area contributed by atoms with Crippen molar-refractivity contribution in [3.8, 4) is 5.75 Å². The van der Waals surface area contributed by atoms with Gasteiger partial charge in [-0.2, -0.15) is 0 Å². The van der Waals surface area contributed by atoms with E-state index in [9.17, 15) is 32.7 Å². The molecule has 0 aliphatic carbocycles. The van der Waals surface area contributed by atoms with Gasteiger partial charge in [-0.15, -0.1) is 6.58 Å². The lowest BCUT2D eigenvalue weighted by Crippen LogP contribution is -2.45. The van der Waals surface area contributed by atoms with E-state index in [0.29, 0.717) is 25.1 Å². The molecule has 164 valence electrons. The van der Waals surface area contributed by atoms with Gasteiger partial charge in [0.25, 0.3) is 11.8 Å². The number of aromatic hydroxyl groups is 1. The van der Waals surface area contributed by atoms with Crippen molar-refractivity contribution < 1.29 is 27.9 Å². The lowest BCUT2D eigenvalue weighted by Gasteiger charge is -2.35. The number of amides is 2. The molecular weight excluding hydrogens is 415 g/mol. The molecule has 0 spiro atoms. The van der Waals surface area contributed by atoms with Crippen LogP contribution < -0.4 is 10.7 Å². The van der Waals surface area contributed by atoms with Crippen molar-refractivity contribution in [2.75, 3.05) is 13.1 Å². The van der Waals surface area contributed by atoms with E-state index in [0.717, 1.165) is 6.20 Å². The molecule has 1 aromatic heterocycles. The number of nitrogens with one attached hydrogen (secondary N) is 1. The maximum atomic E-state index is 13.8. The molecule has 1 aliphatic rings. The number of hydrogen-bond donors (Lipinski definition) is 2. The van der Waals surface area contributed by atoms with Gasteiger partial charge in [-0.1, -0.05) is 13.0 Å². The molecule has 0 radical (unpaired) electrons. The molecule has 2 N–H and O–H groups in total. The number of nitrogens with zero attached hydrogens (tertiary/aromatic N) is 2. The summed E-state index contributed by atoms with van der Waals surface area (Å²) < 4.78 is 41.9. The highest BCUT2D eigenvalue weighted by Crippen LogP contribution is 2.27. The van der Waals surface area contributed by atoms with Gasteiger partial charge in [0, 0.05) is 43.5 Å². The molecule has 0 fully saturated rings. The summed E-state index contributed by atoms with van der Waals surface area (Å²) >= 11 is 0. The summed E-state index contributed by atoms with van der Waals surface area (Å²) in [6.07, 6.45) is 3.28. The Hall–Kier alpha value is -3.56. The molecule has 7 nitrogen and oxygen atoms in total. The number of aromatic nitrogens is 1. The predicted octanol–water partition coefficient (Wildman–Crippen LogP) is 2.49. The molecule has 0 unspecified atom stereocenters. The number of benzene rings is 1. The van der Waals surface area contributed by atoms with E-state index >= 15 is 0 Å². The third-order valence-electron chi connectivity index (χ3n) is 5.01. The first kappa shape index (κ1) is 22.1. The van der Waals surface area contributed by atoms with E-state index in [-0.39, 0.29) is 12.2 Å². The Balaban J connectivity index is 1.96. The first-order valence-corrected chi connectivity index (χ1v) is 9.51. The minimum Gasteiger partial charge on any atom is -0.503 e. The lowest BCUT2D eigenvalue weighted by molar-refractivity contribution is 0.0678. The summed E-state index contributed by atoms with van der Waals surface area (Å²) in [6.45, 7) is 5.56. The third-order valence-corrected chi connectivity index (χ3v) is 5.01. The number of halogens is 3. The molecule has 0 saturated heterocycles. The number of fused-ring (bicyclic) bond motifs is 1. The first-order chi connectivity index (χ1) is 14.7. The number of pyridine rings is 1. The SMILES string of the molecule is C=C[C@@H]1CN(CCC)C(=O)c2c(O)c(=O)c(C(=O)NCc3c(F)cc(F)cc3F)cn21. The van der Waals surface area contributed by atoms with Gasteiger partial charge < -0.3 is 19.9 Å². The quantitative estimate of drug-likeness (QED) is 0.682. The average Bonchev–Trinajstić information content (AvgIpc) is 2.71. The predicted molar refractivity (Wildman–Crippen MR) is 105 cm³/mol.